The predicted molar refractivity (Wildman–Crippen MR) is 61.0 cm³/mol. The Morgan fingerprint density at radius 3 is 2.50 bits per heavy atom. The number of hydrogen-bond acceptors (Lipinski definition) is 2. The maximum Gasteiger partial charge on any atom is 0.0497 e. The van der Waals surface area contributed by atoms with Crippen LogP contribution in [0.4, 0.5) is 5.69 Å². The van der Waals surface area contributed by atoms with Gasteiger partial charge in [0.25, 0.3) is 0 Å². The first-order valence-corrected chi connectivity index (χ1v) is 4.95. The molecule has 0 saturated carbocycles. The SMILES string of the molecule is Cc1ccc(N(C)C)c(C(C)CO)c1. The van der Waals surface area contributed by atoms with Crippen LogP contribution in [0.5, 0.6) is 0 Å². The van der Waals surface area contributed by atoms with Gasteiger partial charge in [-0.15, -0.1) is 0 Å². The molecule has 0 bridgehead atoms. The molecule has 14 heavy (non-hydrogen) atoms. The summed E-state index contributed by atoms with van der Waals surface area (Å²) in [5.74, 6) is 0.201. The Balaban J connectivity index is 3.15. The second-order valence-corrected chi connectivity index (χ2v) is 4.04. The van der Waals surface area contributed by atoms with Crippen molar-refractivity contribution in [1.82, 2.24) is 0 Å². The fourth-order valence-electron chi connectivity index (χ4n) is 1.57. The third-order valence-corrected chi connectivity index (χ3v) is 2.47. The van der Waals surface area contributed by atoms with E-state index in [1.165, 1.54) is 16.8 Å². The lowest BCUT2D eigenvalue weighted by atomic mass is 9.97. The molecular weight excluding hydrogens is 174 g/mol. The van der Waals surface area contributed by atoms with Crippen LogP contribution in [0.25, 0.3) is 0 Å². The van der Waals surface area contributed by atoms with Gasteiger partial charge >= 0.3 is 0 Å². The largest absolute Gasteiger partial charge is 0.396 e. The van der Waals surface area contributed by atoms with Crippen LogP contribution < -0.4 is 4.90 Å². The minimum Gasteiger partial charge on any atom is -0.396 e. The third kappa shape index (κ3) is 2.26. The van der Waals surface area contributed by atoms with Crippen molar-refractivity contribution in [3.63, 3.8) is 0 Å². The average molecular weight is 193 g/mol. The summed E-state index contributed by atoms with van der Waals surface area (Å²) < 4.78 is 0. The first-order chi connectivity index (χ1) is 6.56. The van der Waals surface area contributed by atoms with Crippen molar-refractivity contribution in [2.75, 3.05) is 25.6 Å². The number of aliphatic hydroxyl groups is 1. The van der Waals surface area contributed by atoms with Gasteiger partial charge in [-0.25, -0.2) is 0 Å². The summed E-state index contributed by atoms with van der Waals surface area (Å²) >= 11 is 0. The van der Waals surface area contributed by atoms with Gasteiger partial charge in [0.2, 0.25) is 0 Å². The van der Waals surface area contributed by atoms with Crippen molar-refractivity contribution >= 4 is 5.69 Å². The number of aryl methyl sites for hydroxylation is 1. The summed E-state index contributed by atoms with van der Waals surface area (Å²) in [6.45, 7) is 4.32. The molecule has 0 aliphatic heterocycles. The van der Waals surface area contributed by atoms with Crippen molar-refractivity contribution in [3.05, 3.63) is 29.3 Å². The Morgan fingerprint density at radius 2 is 2.00 bits per heavy atom. The molecule has 0 amide bonds. The molecule has 0 aliphatic rings. The Morgan fingerprint density at radius 1 is 1.36 bits per heavy atom. The molecule has 2 nitrogen and oxygen atoms in total. The topological polar surface area (TPSA) is 23.5 Å². The zero-order valence-corrected chi connectivity index (χ0v) is 9.41. The van der Waals surface area contributed by atoms with Gasteiger partial charge in [0.05, 0.1) is 0 Å². The van der Waals surface area contributed by atoms with Gasteiger partial charge in [-0.2, -0.15) is 0 Å². The Hall–Kier alpha value is -1.02. The van der Waals surface area contributed by atoms with Gasteiger partial charge < -0.3 is 10.0 Å². The summed E-state index contributed by atoms with van der Waals surface area (Å²) in [5, 5.41) is 9.17. The lowest BCUT2D eigenvalue weighted by Crippen LogP contribution is -2.13. The van der Waals surface area contributed by atoms with E-state index < -0.39 is 0 Å². The normalized spacial score (nSPS) is 12.6. The van der Waals surface area contributed by atoms with Crippen molar-refractivity contribution in [3.8, 4) is 0 Å². The van der Waals surface area contributed by atoms with Crippen LogP contribution in [0.1, 0.15) is 24.0 Å². The van der Waals surface area contributed by atoms with Gasteiger partial charge in [-0.05, 0) is 18.6 Å². The minimum atomic E-state index is 0.199. The molecule has 0 spiro atoms. The van der Waals surface area contributed by atoms with Crippen LogP contribution in [-0.4, -0.2) is 25.8 Å². The van der Waals surface area contributed by atoms with Crippen LogP contribution in [-0.2, 0) is 0 Å². The molecule has 0 fully saturated rings. The zero-order valence-electron chi connectivity index (χ0n) is 9.41. The van der Waals surface area contributed by atoms with E-state index in [0.29, 0.717) is 0 Å². The van der Waals surface area contributed by atoms with Crippen LogP contribution in [0.3, 0.4) is 0 Å². The van der Waals surface area contributed by atoms with E-state index in [0.717, 1.165) is 0 Å². The van der Waals surface area contributed by atoms with Gasteiger partial charge in [-0.1, -0.05) is 24.6 Å². The molecule has 1 N–H and O–H groups in total. The highest BCUT2D eigenvalue weighted by molar-refractivity contribution is 5.55. The van der Waals surface area contributed by atoms with Crippen molar-refractivity contribution in [2.24, 2.45) is 0 Å². The molecule has 1 aromatic rings. The first kappa shape index (κ1) is 11.1. The van der Waals surface area contributed by atoms with Crippen molar-refractivity contribution < 1.29 is 5.11 Å². The second kappa shape index (κ2) is 4.47. The van der Waals surface area contributed by atoms with E-state index in [9.17, 15) is 0 Å². The molecule has 0 saturated heterocycles. The molecule has 0 radical (unpaired) electrons. The standard InChI is InChI=1S/C12H19NO/c1-9-5-6-12(13(3)4)11(7-9)10(2)8-14/h5-7,10,14H,8H2,1-4H3. The maximum absolute atomic E-state index is 9.17. The monoisotopic (exact) mass is 193 g/mol. The summed E-state index contributed by atoms with van der Waals surface area (Å²) in [7, 11) is 4.05. The van der Waals surface area contributed by atoms with Crippen LogP contribution in [0, 0.1) is 6.92 Å². The van der Waals surface area contributed by atoms with E-state index in [-0.39, 0.29) is 12.5 Å². The Bertz CT molecular complexity index is 307. The fraction of sp³-hybridized carbons (Fsp3) is 0.500. The number of hydrogen-bond donors (Lipinski definition) is 1. The van der Waals surface area contributed by atoms with Crippen LogP contribution in [0.15, 0.2) is 18.2 Å². The van der Waals surface area contributed by atoms with E-state index >= 15 is 0 Å². The highest BCUT2D eigenvalue weighted by atomic mass is 16.3. The summed E-state index contributed by atoms with van der Waals surface area (Å²) in [4.78, 5) is 2.08. The molecule has 78 valence electrons. The maximum atomic E-state index is 9.17. The third-order valence-electron chi connectivity index (χ3n) is 2.47. The molecular formula is C12H19NO. The molecule has 1 atom stereocenters. The van der Waals surface area contributed by atoms with E-state index in [1.54, 1.807) is 0 Å². The van der Waals surface area contributed by atoms with Gasteiger partial charge in [0.1, 0.15) is 0 Å². The van der Waals surface area contributed by atoms with Crippen molar-refractivity contribution in [1.29, 1.82) is 0 Å². The highest BCUT2D eigenvalue weighted by Crippen LogP contribution is 2.27. The fourth-order valence-corrected chi connectivity index (χ4v) is 1.57. The van der Waals surface area contributed by atoms with Gasteiger partial charge in [0.15, 0.2) is 0 Å². The van der Waals surface area contributed by atoms with Crippen molar-refractivity contribution in [2.45, 2.75) is 19.8 Å². The lowest BCUT2D eigenvalue weighted by Gasteiger charge is -2.21. The number of benzene rings is 1. The Labute approximate surface area is 86.2 Å². The summed E-state index contributed by atoms with van der Waals surface area (Å²) in [5.41, 5.74) is 3.65. The predicted octanol–water partition coefficient (Wildman–Crippen LogP) is 2.16. The molecule has 0 aromatic heterocycles. The summed E-state index contributed by atoms with van der Waals surface area (Å²) in [6.07, 6.45) is 0. The Kier molecular flexibility index (Phi) is 3.53. The van der Waals surface area contributed by atoms with Crippen LogP contribution >= 0.6 is 0 Å². The van der Waals surface area contributed by atoms with Gasteiger partial charge in [-0.3, -0.25) is 0 Å². The van der Waals surface area contributed by atoms with E-state index in [2.05, 4.69) is 30.0 Å². The van der Waals surface area contributed by atoms with E-state index in [4.69, 9.17) is 5.11 Å². The minimum absolute atomic E-state index is 0.199. The molecule has 0 aliphatic carbocycles. The number of rotatable bonds is 3. The first-order valence-electron chi connectivity index (χ1n) is 4.95. The molecule has 2 heteroatoms. The number of nitrogens with zero attached hydrogens (tertiary/aromatic N) is 1. The molecule has 1 unspecified atom stereocenters. The average Bonchev–Trinajstić information content (AvgIpc) is 2.16. The quantitative estimate of drug-likeness (QED) is 0.795. The number of aliphatic hydroxyl groups excluding tert-OH is 1. The van der Waals surface area contributed by atoms with E-state index in [1.807, 2.05) is 21.0 Å². The molecule has 1 aromatic carbocycles. The molecule has 1 rings (SSSR count). The second-order valence-electron chi connectivity index (χ2n) is 4.04. The van der Waals surface area contributed by atoms with Crippen LogP contribution in [0.2, 0.25) is 0 Å². The highest BCUT2D eigenvalue weighted by Gasteiger charge is 2.10. The lowest BCUT2D eigenvalue weighted by molar-refractivity contribution is 0.273. The number of anilines is 1. The summed E-state index contributed by atoms with van der Waals surface area (Å²) in [6, 6.07) is 6.36. The van der Waals surface area contributed by atoms with Gasteiger partial charge in [0, 0.05) is 32.3 Å². The molecule has 0 heterocycles. The smallest absolute Gasteiger partial charge is 0.0497 e. The zero-order chi connectivity index (χ0) is 10.7.